The summed E-state index contributed by atoms with van der Waals surface area (Å²) < 4.78 is 0. The van der Waals surface area contributed by atoms with Gasteiger partial charge in [0.1, 0.15) is 0 Å². The number of carbonyl (C=O) groups is 1. The van der Waals surface area contributed by atoms with Crippen LogP contribution in [-0.4, -0.2) is 53.4 Å². The maximum Gasteiger partial charge on any atom is 0.240 e. The Bertz CT molecular complexity index is 1030. The van der Waals surface area contributed by atoms with Gasteiger partial charge in [-0.05, 0) is 24.3 Å². The maximum absolute atomic E-state index is 12.5. The van der Waals surface area contributed by atoms with Crippen molar-refractivity contribution in [3.63, 3.8) is 0 Å². The monoisotopic (exact) mass is 494 g/mol. The van der Waals surface area contributed by atoms with Crippen molar-refractivity contribution in [3.8, 4) is 11.3 Å². The molecule has 1 aromatic heterocycles. The molecule has 1 aliphatic heterocycles. The molecule has 1 fully saturated rings. The van der Waals surface area contributed by atoms with E-state index in [0.717, 1.165) is 43.0 Å². The van der Waals surface area contributed by atoms with Crippen molar-refractivity contribution in [1.29, 1.82) is 0 Å². The minimum absolute atomic E-state index is 0.0559. The minimum atomic E-state index is -0.0559. The maximum atomic E-state index is 12.5. The summed E-state index contributed by atoms with van der Waals surface area (Å²) in [4.78, 5) is 21.4. The van der Waals surface area contributed by atoms with Gasteiger partial charge in [0.05, 0.1) is 12.2 Å². The molecule has 3 aromatic rings. The highest BCUT2D eigenvalue weighted by molar-refractivity contribution is 7.14. The third kappa shape index (κ3) is 5.98. The Hall–Kier alpha value is -1.67. The molecular weight excluding hydrogens is 475 g/mol. The number of piperazine rings is 1. The number of rotatable bonds is 6. The first kappa shape index (κ1) is 22.5. The van der Waals surface area contributed by atoms with E-state index in [9.17, 15) is 4.79 Å². The Morgan fingerprint density at radius 1 is 0.968 bits per heavy atom. The lowest BCUT2D eigenvalue weighted by Gasteiger charge is -2.34. The number of halogens is 3. The Kier molecular flexibility index (Phi) is 7.48. The van der Waals surface area contributed by atoms with Gasteiger partial charge in [-0.2, -0.15) is 0 Å². The number of benzene rings is 2. The molecule has 9 heteroatoms. The van der Waals surface area contributed by atoms with Crippen LogP contribution in [0.4, 0.5) is 5.13 Å². The molecule has 0 aliphatic carbocycles. The summed E-state index contributed by atoms with van der Waals surface area (Å²) in [6.07, 6.45) is 0. The van der Waals surface area contributed by atoms with Gasteiger partial charge in [-0.25, -0.2) is 4.98 Å². The van der Waals surface area contributed by atoms with Crippen LogP contribution in [0.2, 0.25) is 15.1 Å². The van der Waals surface area contributed by atoms with Crippen molar-refractivity contribution >= 4 is 57.2 Å². The molecule has 2 aromatic carbocycles. The summed E-state index contributed by atoms with van der Waals surface area (Å²) in [5.74, 6) is -0.0559. The molecule has 0 spiro atoms. The lowest BCUT2D eigenvalue weighted by atomic mass is 10.2. The van der Waals surface area contributed by atoms with E-state index in [2.05, 4.69) is 20.1 Å². The van der Waals surface area contributed by atoms with Crippen LogP contribution in [0.1, 0.15) is 5.56 Å². The topological polar surface area (TPSA) is 48.5 Å². The number of aromatic nitrogens is 1. The Morgan fingerprint density at radius 3 is 2.29 bits per heavy atom. The fraction of sp³-hybridized carbons (Fsp3) is 0.273. The molecule has 5 nitrogen and oxygen atoms in total. The van der Waals surface area contributed by atoms with Crippen LogP contribution in [-0.2, 0) is 11.3 Å². The number of nitrogens with zero attached hydrogens (tertiary/aromatic N) is 3. The van der Waals surface area contributed by atoms with Gasteiger partial charge in [-0.1, -0.05) is 53.0 Å². The second-order valence-corrected chi connectivity index (χ2v) is 9.45. The number of anilines is 1. The van der Waals surface area contributed by atoms with Crippen molar-refractivity contribution in [1.82, 2.24) is 14.8 Å². The average Bonchev–Trinajstić information content (AvgIpc) is 3.21. The summed E-state index contributed by atoms with van der Waals surface area (Å²) in [7, 11) is 0. The third-order valence-corrected chi connectivity index (χ3v) is 6.88. The number of hydrogen-bond donors (Lipinski definition) is 1. The van der Waals surface area contributed by atoms with Gasteiger partial charge in [0.25, 0.3) is 0 Å². The zero-order valence-corrected chi connectivity index (χ0v) is 19.7. The van der Waals surface area contributed by atoms with Gasteiger partial charge >= 0.3 is 0 Å². The fourth-order valence-electron chi connectivity index (χ4n) is 3.46. The van der Waals surface area contributed by atoms with Gasteiger partial charge in [0.2, 0.25) is 5.91 Å². The lowest BCUT2D eigenvalue weighted by molar-refractivity contribution is -0.117. The molecule has 1 N–H and O–H groups in total. The van der Waals surface area contributed by atoms with Crippen molar-refractivity contribution in [3.05, 3.63) is 68.5 Å². The summed E-state index contributed by atoms with van der Waals surface area (Å²) in [5, 5.41) is 7.50. The van der Waals surface area contributed by atoms with Crippen molar-refractivity contribution < 1.29 is 4.79 Å². The van der Waals surface area contributed by atoms with Crippen LogP contribution >= 0.6 is 46.1 Å². The molecule has 1 aliphatic rings. The molecule has 0 unspecified atom stereocenters. The average molecular weight is 496 g/mol. The first-order chi connectivity index (χ1) is 15.0. The van der Waals surface area contributed by atoms with Crippen LogP contribution in [0.15, 0.2) is 47.8 Å². The van der Waals surface area contributed by atoms with Crippen molar-refractivity contribution in [2.45, 2.75) is 6.54 Å². The Balaban J connectivity index is 1.25. The number of carbonyl (C=O) groups excluding carboxylic acids is 1. The molecule has 0 saturated carbocycles. The van der Waals surface area contributed by atoms with Crippen molar-refractivity contribution in [2.24, 2.45) is 0 Å². The molecule has 31 heavy (non-hydrogen) atoms. The quantitative estimate of drug-likeness (QED) is 0.489. The van der Waals surface area contributed by atoms with Gasteiger partial charge < -0.3 is 5.32 Å². The predicted octanol–water partition coefficient (Wildman–Crippen LogP) is 5.53. The zero-order valence-electron chi connectivity index (χ0n) is 16.7. The number of thiazole rings is 1. The first-order valence-corrected chi connectivity index (χ1v) is 11.9. The smallest absolute Gasteiger partial charge is 0.240 e. The van der Waals surface area contributed by atoms with E-state index in [1.54, 1.807) is 0 Å². The van der Waals surface area contributed by atoms with E-state index >= 15 is 0 Å². The predicted molar refractivity (Wildman–Crippen MR) is 129 cm³/mol. The summed E-state index contributed by atoms with van der Waals surface area (Å²) in [5.41, 5.74) is 2.75. The highest BCUT2D eigenvalue weighted by Gasteiger charge is 2.21. The van der Waals surface area contributed by atoms with E-state index in [1.807, 2.05) is 47.8 Å². The SMILES string of the molecule is O=C(CN1CCN(Cc2c(Cl)cccc2Cl)CC1)Nc1nc(-c2ccc(Cl)cc2)cs1. The third-order valence-electron chi connectivity index (χ3n) is 5.17. The van der Waals surface area contributed by atoms with E-state index in [1.165, 1.54) is 11.3 Å². The molecule has 2 heterocycles. The minimum Gasteiger partial charge on any atom is -0.301 e. The van der Waals surface area contributed by atoms with E-state index in [0.29, 0.717) is 33.3 Å². The fourth-order valence-corrected chi connectivity index (χ4v) is 4.84. The first-order valence-electron chi connectivity index (χ1n) is 9.87. The number of hydrogen-bond acceptors (Lipinski definition) is 5. The Morgan fingerprint density at radius 2 is 1.61 bits per heavy atom. The van der Waals surface area contributed by atoms with E-state index < -0.39 is 0 Å². The lowest BCUT2D eigenvalue weighted by Crippen LogP contribution is -2.48. The highest BCUT2D eigenvalue weighted by Crippen LogP contribution is 2.27. The summed E-state index contributed by atoms with van der Waals surface area (Å²) >= 11 is 19.9. The van der Waals surface area contributed by atoms with Crippen LogP contribution in [0.5, 0.6) is 0 Å². The van der Waals surface area contributed by atoms with Crippen molar-refractivity contribution in [2.75, 3.05) is 38.0 Å². The van der Waals surface area contributed by atoms with Crippen LogP contribution < -0.4 is 5.32 Å². The molecule has 1 saturated heterocycles. The van der Waals surface area contributed by atoms with Crippen LogP contribution in [0.3, 0.4) is 0 Å². The molecule has 0 atom stereocenters. The van der Waals surface area contributed by atoms with Crippen LogP contribution in [0.25, 0.3) is 11.3 Å². The zero-order chi connectivity index (χ0) is 21.8. The molecule has 4 rings (SSSR count). The molecule has 0 radical (unpaired) electrons. The van der Waals surface area contributed by atoms with E-state index in [4.69, 9.17) is 34.8 Å². The summed E-state index contributed by atoms with van der Waals surface area (Å²) in [6, 6.07) is 13.1. The molecule has 1 amide bonds. The van der Waals surface area contributed by atoms with Gasteiger partial charge in [-0.3, -0.25) is 14.6 Å². The van der Waals surface area contributed by atoms with E-state index in [-0.39, 0.29) is 5.91 Å². The Labute approximate surface area is 200 Å². The number of amides is 1. The standard InChI is InChI=1S/C22H21Cl3N4OS/c23-16-6-4-15(5-7-16)20-14-31-22(26-20)27-21(30)13-29-10-8-28(9-11-29)12-17-18(24)2-1-3-19(17)25/h1-7,14H,8-13H2,(H,26,27,30). The van der Waals surface area contributed by atoms with Gasteiger partial charge in [0, 0.05) is 64.3 Å². The van der Waals surface area contributed by atoms with Gasteiger partial charge in [0.15, 0.2) is 5.13 Å². The normalized spacial score (nSPS) is 15.2. The van der Waals surface area contributed by atoms with Crippen LogP contribution in [0, 0.1) is 0 Å². The second-order valence-electron chi connectivity index (χ2n) is 7.35. The molecule has 162 valence electrons. The largest absolute Gasteiger partial charge is 0.301 e. The molecular formula is C22H21Cl3N4OS. The highest BCUT2D eigenvalue weighted by atomic mass is 35.5. The number of nitrogens with one attached hydrogen (secondary N) is 1. The second kappa shape index (κ2) is 10.3. The summed E-state index contributed by atoms with van der Waals surface area (Å²) in [6.45, 7) is 4.38. The molecule has 0 bridgehead atoms. The van der Waals surface area contributed by atoms with Gasteiger partial charge in [-0.15, -0.1) is 11.3 Å².